The minimum Gasteiger partial charge on any atom is -0.257 e. The van der Waals surface area contributed by atoms with Crippen molar-refractivity contribution in [2.75, 3.05) is 0 Å². The molecule has 0 radical (unpaired) electrons. The summed E-state index contributed by atoms with van der Waals surface area (Å²) < 4.78 is 0. The van der Waals surface area contributed by atoms with Gasteiger partial charge >= 0.3 is 0 Å². The Bertz CT molecular complexity index is 312. The van der Waals surface area contributed by atoms with Crippen molar-refractivity contribution in [2.45, 2.75) is 55.4 Å². The third kappa shape index (κ3) is 5.29. The summed E-state index contributed by atoms with van der Waals surface area (Å²) in [6.07, 6.45) is 2.15. The van der Waals surface area contributed by atoms with Crippen molar-refractivity contribution in [3.05, 3.63) is 23.9 Å². The van der Waals surface area contributed by atoms with Crippen LogP contribution in [0.15, 0.2) is 28.9 Å². The van der Waals surface area contributed by atoms with E-state index in [0.29, 0.717) is 0 Å². The molecule has 0 aromatic rings. The summed E-state index contributed by atoms with van der Waals surface area (Å²) >= 11 is 0. The largest absolute Gasteiger partial charge is 0.257 e. The molecule has 0 fully saturated rings. The highest BCUT2D eigenvalue weighted by Gasteiger charge is 2.20. The van der Waals surface area contributed by atoms with Gasteiger partial charge in [0.1, 0.15) is 0 Å². The highest BCUT2D eigenvalue weighted by molar-refractivity contribution is 6.00. The summed E-state index contributed by atoms with van der Waals surface area (Å²) in [5.41, 5.74) is 3.41. The summed E-state index contributed by atoms with van der Waals surface area (Å²) in [6.45, 7) is 21.2. The van der Waals surface area contributed by atoms with Gasteiger partial charge in [-0.3, -0.25) is 4.99 Å². The zero-order valence-electron chi connectivity index (χ0n) is 12.2. The molecule has 0 spiro atoms. The van der Waals surface area contributed by atoms with Gasteiger partial charge in [0, 0.05) is 22.2 Å². The monoisotopic (exact) mass is 221 g/mol. The third-order valence-electron chi connectivity index (χ3n) is 2.31. The lowest BCUT2D eigenvalue weighted by Gasteiger charge is -2.24. The third-order valence-corrected chi connectivity index (χ3v) is 2.31. The fraction of sp³-hybridized carbons (Fsp3) is 0.667. The Labute approximate surface area is 101 Å². The Kier molecular flexibility index (Phi) is 4.72. The maximum absolute atomic E-state index is 4.70. The molecule has 0 saturated carbocycles. The first-order valence-corrected chi connectivity index (χ1v) is 5.88. The van der Waals surface area contributed by atoms with Crippen LogP contribution in [0.1, 0.15) is 55.4 Å². The average molecular weight is 221 g/mol. The van der Waals surface area contributed by atoms with E-state index in [0.717, 1.165) is 11.4 Å². The zero-order valence-corrected chi connectivity index (χ0v) is 12.2. The van der Waals surface area contributed by atoms with Crippen molar-refractivity contribution >= 4 is 5.71 Å². The number of hydrogen-bond acceptors (Lipinski definition) is 1. The quantitative estimate of drug-likeness (QED) is 0.582. The van der Waals surface area contributed by atoms with E-state index in [1.807, 2.05) is 0 Å². The van der Waals surface area contributed by atoms with Gasteiger partial charge in [0.25, 0.3) is 0 Å². The van der Waals surface area contributed by atoms with Gasteiger partial charge < -0.3 is 0 Å². The predicted octanol–water partition coefficient (Wildman–Crippen LogP) is 5.00. The van der Waals surface area contributed by atoms with Crippen molar-refractivity contribution in [1.82, 2.24) is 0 Å². The topological polar surface area (TPSA) is 12.4 Å². The van der Waals surface area contributed by atoms with Crippen LogP contribution in [0.4, 0.5) is 0 Å². The van der Waals surface area contributed by atoms with Gasteiger partial charge in [-0.1, -0.05) is 53.7 Å². The van der Waals surface area contributed by atoms with Crippen LogP contribution in [-0.2, 0) is 0 Å². The number of rotatable bonds is 2. The van der Waals surface area contributed by atoms with Gasteiger partial charge in [-0.25, -0.2) is 0 Å². The molecule has 16 heavy (non-hydrogen) atoms. The molecule has 1 nitrogen and oxygen atoms in total. The minimum absolute atomic E-state index is 0.0337. The van der Waals surface area contributed by atoms with Crippen molar-refractivity contribution in [1.29, 1.82) is 0 Å². The second-order valence-electron chi connectivity index (χ2n) is 6.67. The second kappa shape index (κ2) is 4.99. The van der Waals surface area contributed by atoms with Crippen molar-refractivity contribution in [3.63, 3.8) is 0 Å². The molecule has 0 aliphatic carbocycles. The van der Waals surface area contributed by atoms with E-state index in [9.17, 15) is 0 Å². The van der Waals surface area contributed by atoms with E-state index in [-0.39, 0.29) is 10.8 Å². The van der Waals surface area contributed by atoms with E-state index >= 15 is 0 Å². The lowest BCUT2D eigenvalue weighted by molar-refractivity contribution is 0.496. The summed E-state index contributed by atoms with van der Waals surface area (Å²) in [7, 11) is 0. The molecule has 0 saturated heterocycles. The molecule has 0 unspecified atom stereocenters. The van der Waals surface area contributed by atoms with E-state index in [1.165, 1.54) is 5.57 Å². The van der Waals surface area contributed by atoms with Gasteiger partial charge in [-0.2, -0.15) is 0 Å². The van der Waals surface area contributed by atoms with Crippen LogP contribution in [0.5, 0.6) is 0 Å². The summed E-state index contributed by atoms with van der Waals surface area (Å²) in [5, 5.41) is 0. The first-order valence-electron chi connectivity index (χ1n) is 5.88. The molecular formula is C15H27N. The van der Waals surface area contributed by atoms with Crippen LogP contribution in [0.25, 0.3) is 0 Å². The standard InChI is InChI=1S/C15H27N/c1-11(2)10-13(15(7,8)9)16-12(3)14(4,5)6/h10H,3H2,1-2,4-9H3/b16-13+. The molecule has 0 heterocycles. The number of aliphatic imine (C=N–C) groups is 1. The van der Waals surface area contributed by atoms with Crippen molar-refractivity contribution in [2.24, 2.45) is 15.8 Å². The molecule has 92 valence electrons. The molecule has 0 aromatic heterocycles. The van der Waals surface area contributed by atoms with E-state index in [2.05, 4.69) is 68.0 Å². The van der Waals surface area contributed by atoms with Gasteiger partial charge in [-0.05, 0) is 19.9 Å². The Morgan fingerprint density at radius 3 is 1.62 bits per heavy atom. The van der Waals surface area contributed by atoms with Crippen molar-refractivity contribution < 1.29 is 0 Å². The van der Waals surface area contributed by atoms with E-state index in [1.54, 1.807) is 0 Å². The minimum atomic E-state index is 0.0337. The summed E-state index contributed by atoms with van der Waals surface area (Å²) in [6, 6.07) is 0. The second-order valence-corrected chi connectivity index (χ2v) is 6.67. The van der Waals surface area contributed by atoms with Crippen LogP contribution < -0.4 is 0 Å². The van der Waals surface area contributed by atoms with Crippen LogP contribution in [0.2, 0.25) is 0 Å². The van der Waals surface area contributed by atoms with Crippen LogP contribution in [-0.4, -0.2) is 5.71 Å². The number of hydrogen-bond donors (Lipinski definition) is 0. The molecule has 0 aromatic carbocycles. The lowest BCUT2D eigenvalue weighted by Crippen LogP contribution is -2.20. The molecule has 0 aliphatic heterocycles. The molecule has 0 rings (SSSR count). The summed E-state index contributed by atoms with van der Waals surface area (Å²) in [4.78, 5) is 4.70. The highest BCUT2D eigenvalue weighted by atomic mass is 14.8. The lowest BCUT2D eigenvalue weighted by atomic mass is 9.87. The van der Waals surface area contributed by atoms with E-state index < -0.39 is 0 Å². The molecule has 0 bridgehead atoms. The highest BCUT2D eigenvalue weighted by Crippen LogP contribution is 2.27. The Hall–Kier alpha value is -0.850. The fourth-order valence-electron chi connectivity index (χ4n) is 1.00. The molecule has 0 N–H and O–H groups in total. The number of nitrogens with zero attached hydrogens (tertiary/aromatic N) is 1. The molecule has 0 amide bonds. The molecule has 1 heteroatoms. The molecule has 0 aliphatic rings. The maximum atomic E-state index is 4.70. The van der Waals surface area contributed by atoms with Gasteiger partial charge in [-0.15, -0.1) is 0 Å². The fourth-order valence-corrected chi connectivity index (χ4v) is 1.00. The van der Waals surface area contributed by atoms with Gasteiger partial charge in [0.05, 0.1) is 0 Å². The van der Waals surface area contributed by atoms with Crippen molar-refractivity contribution in [3.8, 4) is 0 Å². The van der Waals surface area contributed by atoms with Crippen LogP contribution in [0.3, 0.4) is 0 Å². The van der Waals surface area contributed by atoms with Crippen LogP contribution in [0, 0.1) is 10.8 Å². The Morgan fingerprint density at radius 1 is 0.938 bits per heavy atom. The first kappa shape index (κ1) is 15.2. The Morgan fingerprint density at radius 2 is 1.38 bits per heavy atom. The zero-order chi connectivity index (χ0) is 13.1. The molecule has 0 atom stereocenters. The van der Waals surface area contributed by atoms with Gasteiger partial charge in [0.2, 0.25) is 0 Å². The number of allylic oxidation sites excluding steroid dienone is 3. The predicted molar refractivity (Wildman–Crippen MR) is 74.9 cm³/mol. The van der Waals surface area contributed by atoms with Gasteiger partial charge in [0.15, 0.2) is 0 Å². The molecular weight excluding hydrogens is 194 g/mol. The van der Waals surface area contributed by atoms with E-state index in [4.69, 9.17) is 4.99 Å². The average Bonchev–Trinajstić information content (AvgIpc) is 1.98. The Balaban J connectivity index is 5.31. The summed E-state index contributed by atoms with van der Waals surface area (Å²) in [5.74, 6) is 0. The smallest absolute Gasteiger partial charge is 0.0459 e. The normalized spacial score (nSPS) is 13.6. The first-order chi connectivity index (χ1) is 6.94. The SMILES string of the molecule is C=C(/N=C(\C=C(C)C)C(C)(C)C)C(C)(C)C. The van der Waals surface area contributed by atoms with Crippen LogP contribution >= 0.6 is 0 Å². The maximum Gasteiger partial charge on any atom is 0.0459 e.